The molecule has 7 heteroatoms. The predicted molar refractivity (Wildman–Crippen MR) is 92.1 cm³/mol. The molecule has 1 saturated carbocycles. The zero-order valence-corrected chi connectivity index (χ0v) is 14.6. The molecule has 132 valence electrons. The van der Waals surface area contributed by atoms with Crippen molar-refractivity contribution in [3.63, 3.8) is 0 Å². The quantitative estimate of drug-likeness (QED) is 0.859. The second-order valence-corrected chi connectivity index (χ2v) is 8.47. The number of nitrogens with one attached hydrogen (secondary N) is 1. The highest BCUT2D eigenvalue weighted by atomic mass is 32.2. The van der Waals surface area contributed by atoms with Gasteiger partial charge >= 0.3 is 0 Å². The van der Waals surface area contributed by atoms with Gasteiger partial charge in [0.25, 0.3) is 5.91 Å². The van der Waals surface area contributed by atoms with Crippen LogP contribution in [0.25, 0.3) is 0 Å². The van der Waals surface area contributed by atoms with Crippen LogP contribution in [0.4, 0.5) is 0 Å². The van der Waals surface area contributed by atoms with Crippen LogP contribution in [0.15, 0.2) is 29.2 Å². The Kier molecular flexibility index (Phi) is 5.22. The Bertz CT molecular complexity index is 691. The van der Waals surface area contributed by atoms with Gasteiger partial charge < -0.3 is 10.6 Å². The van der Waals surface area contributed by atoms with Crippen molar-refractivity contribution in [2.24, 2.45) is 5.73 Å². The first kappa shape index (κ1) is 17.4. The van der Waals surface area contributed by atoms with Crippen molar-refractivity contribution in [3.8, 4) is 0 Å². The van der Waals surface area contributed by atoms with Crippen LogP contribution < -0.4 is 10.5 Å². The molecule has 3 N–H and O–H groups in total. The zero-order chi connectivity index (χ0) is 17.2. The number of carbonyl (C=O) groups excluding carboxylic acids is 1. The fourth-order valence-corrected chi connectivity index (χ4v) is 4.76. The molecule has 1 heterocycles. The van der Waals surface area contributed by atoms with Crippen LogP contribution in [0.3, 0.4) is 0 Å². The first-order valence-corrected chi connectivity index (χ1v) is 10.1. The van der Waals surface area contributed by atoms with E-state index in [4.69, 9.17) is 5.73 Å². The van der Waals surface area contributed by atoms with Gasteiger partial charge in [0.2, 0.25) is 10.0 Å². The monoisotopic (exact) mass is 351 g/mol. The lowest BCUT2D eigenvalue weighted by atomic mass is 10.0. The summed E-state index contributed by atoms with van der Waals surface area (Å²) in [7, 11) is -3.58. The van der Waals surface area contributed by atoms with Gasteiger partial charge in [-0.1, -0.05) is 18.9 Å². The van der Waals surface area contributed by atoms with Crippen LogP contribution in [0.5, 0.6) is 0 Å². The van der Waals surface area contributed by atoms with E-state index in [9.17, 15) is 13.2 Å². The maximum absolute atomic E-state index is 12.6. The van der Waals surface area contributed by atoms with Gasteiger partial charge in [-0.25, -0.2) is 13.1 Å². The number of rotatable bonds is 4. The standard InChI is InChI=1S/C17H25N3O3S/c18-14-8-10-20(11-9-14)17(21)13-4-3-7-16(12-13)24(22,23)19-15-5-1-2-6-15/h3-4,7,12,14-15,19H,1-2,5-6,8-11,18H2. The van der Waals surface area contributed by atoms with Crippen molar-refractivity contribution in [1.29, 1.82) is 0 Å². The molecule has 2 fully saturated rings. The molecule has 1 saturated heterocycles. The van der Waals surface area contributed by atoms with E-state index >= 15 is 0 Å². The molecule has 0 bridgehead atoms. The summed E-state index contributed by atoms with van der Waals surface area (Å²) in [4.78, 5) is 14.5. The molecule has 1 aliphatic heterocycles. The fraction of sp³-hybridized carbons (Fsp3) is 0.588. The van der Waals surface area contributed by atoms with Crippen LogP contribution in [0, 0.1) is 0 Å². The van der Waals surface area contributed by atoms with Gasteiger partial charge in [0.05, 0.1) is 4.90 Å². The van der Waals surface area contributed by atoms with E-state index in [1.54, 1.807) is 23.1 Å². The summed E-state index contributed by atoms with van der Waals surface area (Å²) in [5.74, 6) is -0.125. The van der Waals surface area contributed by atoms with E-state index in [0.717, 1.165) is 38.5 Å². The van der Waals surface area contributed by atoms with Crippen LogP contribution in [0.2, 0.25) is 0 Å². The highest BCUT2D eigenvalue weighted by Gasteiger charge is 2.25. The molecule has 0 atom stereocenters. The summed E-state index contributed by atoms with van der Waals surface area (Å²) in [5.41, 5.74) is 6.29. The van der Waals surface area contributed by atoms with Crippen LogP contribution >= 0.6 is 0 Å². The topological polar surface area (TPSA) is 92.5 Å². The maximum atomic E-state index is 12.6. The first-order valence-electron chi connectivity index (χ1n) is 8.63. The molecule has 6 nitrogen and oxygen atoms in total. The third-order valence-electron chi connectivity index (χ3n) is 4.90. The average molecular weight is 351 g/mol. The minimum Gasteiger partial charge on any atom is -0.339 e. The second-order valence-electron chi connectivity index (χ2n) is 6.76. The van der Waals surface area contributed by atoms with E-state index < -0.39 is 10.0 Å². The summed E-state index contributed by atoms with van der Waals surface area (Å²) < 4.78 is 27.8. The molecule has 0 radical (unpaired) electrons. The molecule has 0 aromatic heterocycles. The van der Waals surface area contributed by atoms with Gasteiger partial charge in [-0.05, 0) is 43.9 Å². The maximum Gasteiger partial charge on any atom is 0.253 e. The summed E-state index contributed by atoms with van der Waals surface area (Å²) in [5, 5.41) is 0. The van der Waals surface area contributed by atoms with Gasteiger partial charge in [0.1, 0.15) is 0 Å². The number of benzene rings is 1. The molecule has 2 aliphatic rings. The number of nitrogens with zero attached hydrogens (tertiary/aromatic N) is 1. The minimum absolute atomic E-state index is 0.0120. The fourth-order valence-electron chi connectivity index (χ4n) is 3.41. The Morgan fingerprint density at radius 3 is 2.46 bits per heavy atom. The lowest BCUT2D eigenvalue weighted by Crippen LogP contribution is -2.42. The number of carbonyl (C=O) groups is 1. The Labute approximate surface area is 143 Å². The molecular weight excluding hydrogens is 326 g/mol. The number of hydrogen-bond acceptors (Lipinski definition) is 4. The minimum atomic E-state index is -3.58. The molecule has 3 rings (SSSR count). The van der Waals surface area contributed by atoms with Crippen LogP contribution in [-0.2, 0) is 10.0 Å². The van der Waals surface area contributed by atoms with Crippen molar-refractivity contribution in [3.05, 3.63) is 29.8 Å². The Balaban J connectivity index is 1.74. The molecule has 1 amide bonds. The molecular formula is C17H25N3O3S. The van der Waals surface area contributed by atoms with Gasteiger partial charge in [-0.3, -0.25) is 4.79 Å². The summed E-state index contributed by atoms with van der Waals surface area (Å²) in [6.07, 6.45) is 5.45. The SMILES string of the molecule is NC1CCN(C(=O)c2cccc(S(=O)(=O)NC3CCCC3)c2)CC1. The average Bonchev–Trinajstić information content (AvgIpc) is 3.07. The van der Waals surface area contributed by atoms with E-state index in [1.165, 1.54) is 6.07 Å². The number of hydrogen-bond donors (Lipinski definition) is 2. The number of nitrogens with two attached hydrogens (primary N) is 1. The number of likely N-dealkylation sites (tertiary alicyclic amines) is 1. The van der Waals surface area contributed by atoms with Gasteiger partial charge in [-0.2, -0.15) is 0 Å². The Morgan fingerprint density at radius 2 is 1.79 bits per heavy atom. The molecule has 1 aliphatic carbocycles. The molecule has 24 heavy (non-hydrogen) atoms. The Morgan fingerprint density at radius 1 is 1.12 bits per heavy atom. The number of piperidine rings is 1. The summed E-state index contributed by atoms with van der Waals surface area (Å²) in [6, 6.07) is 6.49. The van der Waals surface area contributed by atoms with Crippen LogP contribution in [0.1, 0.15) is 48.9 Å². The molecule has 0 spiro atoms. The summed E-state index contributed by atoms with van der Waals surface area (Å²) >= 11 is 0. The van der Waals surface area contributed by atoms with Crippen molar-refractivity contribution in [2.45, 2.75) is 55.5 Å². The number of amides is 1. The highest BCUT2D eigenvalue weighted by Crippen LogP contribution is 2.21. The summed E-state index contributed by atoms with van der Waals surface area (Å²) in [6.45, 7) is 1.24. The Hall–Kier alpha value is -1.44. The smallest absolute Gasteiger partial charge is 0.253 e. The molecule has 0 unspecified atom stereocenters. The normalized spacial score (nSPS) is 20.5. The van der Waals surface area contributed by atoms with Gasteiger partial charge in [0.15, 0.2) is 0 Å². The van der Waals surface area contributed by atoms with E-state index in [0.29, 0.717) is 18.7 Å². The molecule has 1 aromatic carbocycles. The first-order chi connectivity index (χ1) is 11.5. The zero-order valence-electron chi connectivity index (χ0n) is 13.8. The van der Waals surface area contributed by atoms with Crippen molar-refractivity contribution >= 4 is 15.9 Å². The number of sulfonamides is 1. The predicted octanol–water partition coefficient (Wildman–Crippen LogP) is 1.47. The van der Waals surface area contributed by atoms with Crippen molar-refractivity contribution < 1.29 is 13.2 Å². The van der Waals surface area contributed by atoms with Gasteiger partial charge in [-0.15, -0.1) is 0 Å². The highest BCUT2D eigenvalue weighted by molar-refractivity contribution is 7.89. The van der Waals surface area contributed by atoms with Gasteiger partial charge in [0, 0.05) is 30.7 Å². The van der Waals surface area contributed by atoms with Crippen molar-refractivity contribution in [1.82, 2.24) is 9.62 Å². The second kappa shape index (κ2) is 7.21. The molecule has 1 aromatic rings. The third-order valence-corrected chi connectivity index (χ3v) is 6.41. The lowest BCUT2D eigenvalue weighted by molar-refractivity contribution is 0.0714. The third kappa shape index (κ3) is 3.96. The lowest BCUT2D eigenvalue weighted by Gasteiger charge is -2.30. The van der Waals surface area contributed by atoms with E-state index in [-0.39, 0.29) is 22.9 Å². The largest absolute Gasteiger partial charge is 0.339 e. The van der Waals surface area contributed by atoms with E-state index in [2.05, 4.69) is 4.72 Å². The van der Waals surface area contributed by atoms with Crippen LogP contribution in [-0.4, -0.2) is 44.4 Å². The van der Waals surface area contributed by atoms with E-state index in [1.807, 2.05) is 0 Å². The van der Waals surface area contributed by atoms with Crippen molar-refractivity contribution in [2.75, 3.05) is 13.1 Å².